The van der Waals surface area contributed by atoms with Gasteiger partial charge in [-0.15, -0.1) is 0 Å². The lowest BCUT2D eigenvalue weighted by atomic mass is 10.0. The first-order chi connectivity index (χ1) is 9.21. The second-order valence-corrected chi connectivity index (χ2v) is 6.21. The van der Waals surface area contributed by atoms with E-state index >= 15 is 0 Å². The summed E-state index contributed by atoms with van der Waals surface area (Å²) < 4.78 is 0. The first kappa shape index (κ1) is 12.5. The lowest BCUT2D eigenvalue weighted by Gasteiger charge is -2.26. The van der Waals surface area contributed by atoms with E-state index in [4.69, 9.17) is 11.0 Å². The van der Waals surface area contributed by atoms with Crippen molar-refractivity contribution in [2.24, 2.45) is 5.41 Å². The van der Waals surface area contributed by atoms with Crippen molar-refractivity contribution in [3.63, 3.8) is 0 Å². The van der Waals surface area contributed by atoms with E-state index in [1.165, 1.54) is 31.2 Å². The van der Waals surface area contributed by atoms with Crippen molar-refractivity contribution in [2.75, 3.05) is 12.3 Å². The van der Waals surface area contributed by atoms with E-state index in [1.54, 1.807) is 0 Å². The van der Waals surface area contributed by atoms with Crippen molar-refractivity contribution in [3.8, 4) is 6.07 Å². The molecule has 100 valence electrons. The maximum atomic E-state index is 8.95. The molecule has 0 spiro atoms. The van der Waals surface area contributed by atoms with Gasteiger partial charge in [-0.2, -0.15) is 5.26 Å². The maximum absolute atomic E-state index is 8.95. The van der Waals surface area contributed by atoms with Crippen LogP contribution in [-0.2, 0) is 6.54 Å². The number of hydrogen-bond acceptors (Lipinski definition) is 3. The smallest absolute Gasteiger partial charge is 0.0628 e. The minimum absolute atomic E-state index is 0.311. The fraction of sp³-hybridized carbons (Fsp3) is 0.562. The van der Waals surface area contributed by atoms with Gasteiger partial charge >= 0.3 is 0 Å². The van der Waals surface area contributed by atoms with E-state index in [0.717, 1.165) is 31.2 Å². The highest BCUT2D eigenvalue weighted by atomic mass is 15.2. The van der Waals surface area contributed by atoms with Gasteiger partial charge in [0.1, 0.15) is 0 Å². The van der Waals surface area contributed by atoms with Crippen LogP contribution in [0.2, 0.25) is 0 Å². The van der Waals surface area contributed by atoms with Gasteiger partial charge < -0.3 is 5.73 Å². The molecule has 2 fully saturated rings. The number of nitrogens with two attached hydrogens (primary N) is 1. The average molecular weight is 255 g/mol. The van der Waals surface area contributed by atoms with E-state index in [9.17, 15) is 0 Å². The first-order valence-corrected chi connectivity index (χ1v) is 7.16. The van der Waals surface area contributed by atoms with Crippen LogP contribution >= 0.6 is 0 Å². The Balaban J connectivity index is 1.65. The fourth-order valence-corrected chi connectivity index (χ4v) is 2.78. The zero-order valence-corrected chi connectivity index (χ0v) is 11.3. The molecule has 2 aliphatic carbocycles. The summed E-state index contributed by atoms with van der Waals surface area (Å²) in [5.41, 5.74) is 8.19. The Morgan fingerprint density at radius 1 is 1.26 bits per heavy atom. The molecule has 0 amide bonds. The molecule has 0 aromatic heterocycles. The molecule has 2 saturated carbocycles. The SMILES string of the molecule is N#CCC1(CN(Cc2ccc(N)cc2)C2CC2)CC1. The van der Waals surface area contributed by atoms with Gasteiger partial charge in [0.15, 0.2) is 0 Å². The second-order valence-electron chi connectivity index (χ2n) is 6.21. The Kier molecular flexibility index (Phi) is 3.20. The van der Waals surface area contributed by atoms with Crippen LogP contribution in [0.4, 0.5) is 5.69 Å². The summed E-state index contributed by atoms with van der Waals surface area (Å²) in [6.07, 6.45) is 5.81. The van der Waals surface area contributed by atoms with Crippen molar-refractivity contribution < 1.29 is 0 Å². The maximum Gasteiger partial charge on any atom is 0.0628 e. The molecule has 3 nitrogen and oxygen atoms in total. The molecule has 0 bridgehead atoms. The summed E-state index contributed by atoms with van der Waals surface area (Å²) in [7, 11) is 0. The van der Waals surface area contributed by atoms with E-state index in [0.29, 0.717) is 5.41 Å². The Hall–Kier alpha value is -1.53. The van der Waals surface area contributed by atoms with Gasteiger partial charge in [0.25, 0.3) is 0 Å². The van der Waals surface area contributed by atoms with Crippen LogP contribution in [0.1, 0.15) is 37.7 Å². The molecule has 0 saturated heterocycles. The molecule has 0 unspecified atom stereocenters. The van der Waals surface area contributed by atoms with Gasteiger partial charge in [0.2, 0.25) is 0 Å². The first-order valence-electron chi connectivity index (χ1n) is 7.16. The Morgan fingerprint density at radius 3 is 2.47 bits per heavy atom. The van der Waals surface area contributed by atoms with Crippen LogP contribution in [0.3, 0.4) is 0 Å². The van der Waals surface area contributed by atoms with Gasteiger partial charge in [0.05, 0.1) is 6.07 Å². The average Bonchev–Trinajstić information content (AvgIpc) is 3.26. The topological polar surface area (TPSA) is 53.0 Å². The number of anilines is 1. The minimum atomic E-state index is 0.311. The Bertz CT molecular complexity index is 478. The summed E-state index contributed by atoms with van der Waals surface area (Å²) in [5, 5.41) is 8.95. The minimum Gasteiger partial charge on any atom is -0.399 e. The summed E-state index contributed by atoms with van der Waals surface area (Å²) in [6.45, 7) is 2.09. The van der Waals surface area contributed by atoms with Crippen molar-refractivity contribution in [2.45, 2.75) is 44.7 Å². The third kappa shape index (κ3) is 3.08. The molecule has 19 heavy (non-hydrogen) atoms. The number of nitrogens with zero attached hydrogens (tertiary/aromatic N) is 2. The number of hydrogen-bond donors (Lipinski definition) is 1. The van der Waals surface area contributed by atoms with Crippen LogP contribution in [0.5, 0.6) is 0 Å². The highest BCUT2D eigenvalue weighted by Crippen LogP contribution is 2.50. The summed E-state index contributed by atoms with van der Waals surface area (Å²) >= 11 is 0. The fourth-order valence-electron chi connectivity index (χ4n) is 2.78. The van der Waals surface area contributed by atoms with Gasteiger partial charge in [-0.3, -0.25) is 4.90 Å². The van der Waals surface area contributed by atoms with Crippen molar-refractivity contribution in [1.82, 2.24) is 4.90 Å². The molecule has 2 N–H and O–H groups in total. The van der Waals surface area contributed by atoms with E-state index in [1.807, 2.05) is 12.1 Å². The van der Waals surface area contributed by atoms with Crippen LogP contribution in [-0.4, -0.2) is 17.5 Å². The summed E-state index contributed by atoms with van der Waals surface area (Å²) in [4.78, 5) is 2.58. The lowest BCUT2D eigenvalue weighted by molar-refractivity contribution is 0.203. The Labute approximate surface area is 115 Å². The second kappa shape index (κ2) is 4.86. The number of nitriles is 1. The molecule has 0 heterocycles. The number of benzene rings is 1. The van der Waals surface area contributed by atoms with E-state index in [-0.39, 0.29) is 0 Å². The van der Waals surface area contributed by atoms with Crippen LogP contribution < -0.4 is 5.73 Å². The zero-order valence-electron chi connectivity index (χ0n) is 11.3. The number of nitrogen functional groups attached to an aromatic ring is 1. The molecule has 0 atom stereocenters. The highest BCUT2D eigenvalue weighted by molar-refractivity contribution is 5.39. The van der Waals surface area contributed by atoms with Crippen LogP contribution in [0.25, 0.3) is 0 Å². The lowest BCUT2D eigenvalue weighted by Crippen LogP contribution is -2.32. The van der Waals surface area contributed by atoms with Gasteiger partial charge in [-0.05, 0) is 48.8 Å². The van der Waals surface area contributed by atoms with Crippen molar-refractivity contribution >= 4 is 5.69 Å². The third-order valence-corrected chi connectivity index (χ3v) is 4.38. The number of rotatable bonds is 6. The van der Waals surface area contributed by atoms with E-state index in [2.05, 4.69) is 23.1 Å². The molecular weight excluding hydrogens is 234 g/mol. The molecule has 3 rings (SSSR count). The summed E-state index contributed by atoms with van der Waals surface area (Å²) in [6, 6.07) is 11.3. The Morgan fingerprint density at radius 2 is 1.95 bits per heavy atom. The van der Waals surface area contributed by atoms with Crippen LogP contribution in [0, 0.1) is 16.7 Å². The quantitative estimate of drug-likeness (QED) is 0.795. The molecule has 1 aromatic carbocycles. The molecular formula is C16H21N3. The van der Waals surface area contributed by atoms with Crippen molar-refractivity contribution in [3.05, 3.63) is 29.8 Å². The van der Waals surface area contributed by atoms with Crippen LogP contribution in [0.15, 0.2) is 24.3 Å². The molecule has 3 heteroatoms. The molecule has 0 radical (unpaired) electrons. The molecule has 2 aliphatic rings. The van der Waals surface area contributed by atoms with Gasteiger partial charge in [0, 0.05) is 31.2 Å². The predicted octanol–water partition coefficient (Wildman–Crippen LogP) is 2.93. The normalized spacial score (nSPS) is 20.2. The molecule has 1 aromatic rings. The third-order valence-electron chi connectivity index (χ3n) is 4.38. The standard InChI is InChI=1S/C16H21N3/c17-10-9-16(7-8-16)12-19(15-5-6-15)11-13-1-3-14(18)4-2-13/h1-4,15H,5-9,11-12,18H2. The van der Waals surface area contributed by atoms with Gasteiger partial charge in [-0.25, -0.2) is 0 Å². The zero-order chi connectivity index (χ0) is 13.3. The van der Waals surface area contributed by atoms with E-state index < -0.39 is 0 Å². The predicted molar refractivity (Wildman–Crippen MR) is 76.2 cm³/mol. The summed E-state index contributed by atoms with van der Waals surface area (Å²) in [5.74, 6) is 0. The monoisotopic (exact) mass is 255 g/mol. The molecule has 0 aliphatic heterocycles. The largest absolute Gasteiger partial charge is 0.399 e. The van der Waals surface area contributed by atoms with Crippen molar-refractivity contribution in [1.29, 1.82) is 5.26 Å². The highest BCUT2D eigenvalue weighted by Gasteiger charge is 2.45. The van der Waals surface area contributed by atoms with Gasteiger partial charge in [-0.1, -0.05) is 12.1 Å².